The fourth-order valence-corrected chi connectivity index (χ4v) is 2.79. The molecular weight excluding hydrogens is 295 g/mol. The van der Waals surface area contributed by atoms with Gasteiger partial charge in [-0.2, -0.15) is 0 Å². The molecule has 1 heterocycles. The first kappa shape index (κ1) is 17.9. The van der Waals surface area contributed by atoms with Gasteiger partial charge in [0.2, 0.25) is 5.91 Å². The summed E-state index contributed by atoms with van der Waals surface area (Å²) in [5, 5.41) is 13.7. The number of halogens is 1. The van der Waals surface area contributed by atoms with Crippen molar-refractivity contribution >= 4 is 5.91 Å². The fourth-order valence-electron chi connectivity index (χ4n) is 2.79. The first-order chi connectivity index (χ1) is 10.7. The van der Waals surface area contributed by atoms with Crippen LogP contribution in [0.25, 0.3) is 0 Å². The molecule has 0 spiro atoms. The number of nitrogens with one attached hydrogen (secondary N) is 1. The molecule has 2 rings (SSSR count). The molecule has 1 aliphatic heterocycles. The number of rotatable bonds is 4. The second-order valence-corrected chi connectivity index (χ2v) is 7.39. The number of hydrogen-bond donors (Lipinski definition) is 2. The number of carbonyl (C=O) groups excluding carboxylic acids is 1. The van der Waals surface area contributed by atoms with Gasteiger partial charge < -0.3 is 15.3 Å². The molecule has 0 aromatic heterocycles. The number of likely N-dealkylation sites (tertiary alicyclic amines) is 1. The minimum atomic E-state index is -0.876. The molecule has 2 N–H and O–H groups in total. The van der Waals surface area contributed by atoms with Crippen molar-refractivity contribution in [2.45, 2.75) is 39.2 Å². The third kappa shape index (κ3) is 4.75. The quantitative estimate of drug-likeness (QED) is 0.894. The van der Waals surface area contributed by atoms with Crippen molar-refractivity contribution in [1.82, 2.24) is 10.2 Å². The highest BCUT2D eigenvalue weighted by Gasteiger charge is 2.33. The van der Waals surface area contributed by atoms with Gasteiger partial charge in [-0.25, -0.2) is 4.39 Å². The molecule has 1 fully saturated rings. The van der Waals surface area contributed by atoms with E-state index >= 15 is 0 Å². The first-order valence-electron chi connectivity index (χ1n) is 8.20. The lowest BCUT2D eigenvalue weighted by Crippen LogP contribution is -2.46. The van der Waals surface area contributed by atoms with Crippen LogP contribution in [0.15, 0.2) is 24.3 Å². The molecule has 1 saturated heterocycles. The summed E-state index contributed by atoms with van der Waals surface area (Å²) in [6.45, 7) is 8.61. The van der Waals surface area contributed by atoms with Crippen molar-refractivity contribution in [3.05, 3.63) is 35.6 Å². The van der Waals surface area contributed by atoms with Crippen LogP contribution in [-0.2, 0) is 10.4 Å². The number of nitrogens with zero attached hydrogens (tertiary/aromatic N) is 1. The van der Waals surface area contributed by atoms with Crippen molar-refractivity contribution in [1.29, 1.82) is 0 Å². The van der Waals surface area contributed by atoms with Gasteiger partial charge >= 0.3 is 0 Å². The minimum absolute atomic E-state index is 0.0531. The number of benzene rings is 1. The Balaban J connectivity index is 1.80. The highest BCUT2D eigenvalue weighted by atomic mass is 19.1. The van der Waals surface area contributed by atoms with E-state index < -0.39 is 5.60 Å². The maximum Gasteiger partial charge on any atom is 0.225 e. The molecule has 1 aromatic carbocycles. The Kier molecular flexibility index (Phi) is 5.42. The van der Waals surface area contributed by atoms with Crippen LogP contribution in [-0.4, -0.2) is 42.1 Å². The molecular formula is C18H27FN2O2. The summed E-state index contributed by atoms with van der Waals surface area (Å²) in [7, 11) is 0. The number of hydrogen-bond acceptors (Lipinski definition) is 3. The Morgan fingerprint density at radius 3 is 2.35 bits per heavy atom. The summed E-state index contributed by atoms with van der Waals surface area (Å²) in [4.78, 5) is 14.1. The maximum absolute atomic E-state index is 13.0. The van der Waals surface area contributed by atoms with Crippen molar-refractivity contribution in [3.63, 3.8) is 0 Å². The van der Waals surface area contributed by atoms with E-state index in [9.17, 15) is 14.3 Å². The Labute approximate surface area is 137 Å². The summed E-state index contributed by atoms with van der Waals surface area (Å²) in [6.07, 6.45) is 1.23. The number of aliphatic hydroxyl groups is 1. The van der Waals surface area contributed by atoms with Crippen molar-refractivity contribution in [2.75, 3.05) is 26.2 Å². The highest BCUT2D eigenvalue weighted by molar-refractivity contribution is 5.81. The van der Waals surface area contributed by atoms with E-state index in [1.165, 1.54) is 12.1 Å². The molecule has 1 amide bonds. The number of piperidine rings is 1. The van der Waals surface area contributed by atoms with E-state index in [0.29, 0.717) is 19.4 Å². The molecule has 0 unspecified atom stereocenters. The van der Waals surface area contributed by atoms with Crippen molar-refractivity contribution < 1.29 is 14.3 Å². The molecule has 128 valence electrons. The molecule has 5 heteroatoms. The van der Waals surface area contributed by atoms with E-state index in [-0.39, 0.29) is 17.1 Å². The van der Waals surface area contributed by atoms with Gasteiger partial charge in [-0.15, -0.1) is 0 Å². The summed E-state index contributed by atoms with van der Waals surface area (Å²) in [5.74, 6) is -0.235. The normalized spacial score (nSPS) is 18.7. The van der Waals surface area contributed by atoms with Crippen LogP contribution >= 0.6 is 0 Å². The van der Waals surface area contributed by atoms with Crippen LogP contribution in [0.5, 0.6) is 0 Å². The van der Waals surface area contributed by atoms with E-state index in [1.54, 1.807) is 12.1 Å². The largest absolute Gasteiger partial charge is 0.385 e. The Morgan fingerprint density at radius 1 is 1.26 bits per heavy atom. The van der Waals surface area contributed by atoms with Crippen LogP contribution in [0, 0.1) is 11.2 Å². The molecule has 0 bridgehead atoms. The lowest BCUT2D eigenvalue weighted by Gasteiger charge is -2.38. The van der Waals surface area contributed by atoms with Crippen LogP contribution in [0.4, 0.5) is 4.39 Å². The van der Waals surface area contributed by atoms with Crippen LogP contribution in [0.3, 0.4) is 0 Å². The van der Waals surface area contributed by atoms with Gasteiger partial charge in [0.1, 0.15) is 5.82 Å². The lowest BCUT2D eigenvalue weighted by molar-refractivity contribution is -0.128. The molecule has 0 radical (unpaired) electrons. The van der Waals surface area contributed by atoms with Gasteiger partial charge in [0.05, 0.1) is 5.60 Å². The molecule has 1 aliphatic rings. The molecule has 0 saturated carbocycles. The summed E-state index contributed by atoms with van der Waals surface area (Å²) < 4.78 is 13.0. The predicted molar refractivity (Wildman–Crippen MR) is 88.4 cm³/mol. The maximum atomic E-state index is 13.0. The van der Waals surface area contributed by atoms with Gasteiger partial charge in [-0.05, 0) is 30.5 Å². The predicted octanol–water partition coefficient (Wildman–Crippen LogP) is 2.27. The summed E-state index contributed by atoms with van der Waals surface area (Å²) in [5.41, 5.74) is -0.469. The Bertz CT molecular complexity index is 529. The van der Waals surface area contributed by atoms with Crippen LogP contribution in [0.1, 0.15) is 39.2 Å². The van der Waals surface area contributed by atoms with E-state index in [4.69, 9.17) is 0 Å². The van der Waals surface area contributed by atoms with Crippen LogP contribution < -0.4 is 5.32 Å². The zero-order valence-corrected chi connectivity index (χ0v) is 14.2. The average Bonchev–Trinajstić information content (AvgIpc) is 2.49. The van der Waals surface area contributed by atoms with Gasteiger partial charge in [0, 0.05) is 31.6 Å². The first-order valence-corrected chi connectivity index (χ1v) is 8.20. The second-order valence-electron chi connectivity index (χ2n) is 7.39. The van der Waals surface area contributed by atoms with E-state index in [1.807, 2.05) is 20.8 Å². The molecule has 4 nitrogen and oxygen atoms in total. The van der Waals surface area contributed by atoms with Gasteiger partial charge in [-0.3, -0.25) is 4.79 Å². The third-order valence-corrected chi connectivity index (χ3v) is 4.46. The average molecular weight is 322 g/mol. The van der Waals surface area contributed by atoms with Crippen molar-refractivity contribution in [2.24, 2.45) is 5.41 Å². The lowest BCUT2D eigenvalue weighted by atomic mass is 9.84. The topological polar surface area (TPSA) is 52.6 Å². The standard InChI is InChI=1S/C18H27FN2O2/c1-17(2,3)16(22)20-10-13-21-11-8-18(23,9-12-21)14-4-6-15(19)7-5-14/h4-7,23H,8-13H2,1-3H3,(H,20,22). The SMILES string of the molecule is CC(C)(C)C(=O)NCCN1CCC(O)(c2ccc(F)cc2)CC1. The monoisotopic (exact) mass is 322 g/mol. The van der Waals surface area contributed by atoms with E-state index in [2.05, 4.69) is 10.2 Å². The highest BCUT2D eigenvalue weighted by Crippen LogP contribution is 2.32. The van der Waals surface area contributed by atoms with Crippen molar-refractivity contribution in [3.8, 4) is 0 Å². The van der Waals surface area contributed by atoms with Crippen LogP contribution in [0.2, 0.25) is 0 Å². The zero-order chi connectivity index (χ0) is 17.1. The smallest absolute Gasteiger partial charge is 0.225 e. The zero-order valence-electron chi connectivity index (χ0n) is 14.2. The molecule has 1 aromatic rings. The summed E-state index contributed by atoms with van der Waals surface area (Å²) in [6, 6.07) is 6.10. The molecule has 0 atom stereocenters. The number of carbonyl (C=O) groups is 1. The van der Waals surface area contributed by atoms with E-state index in [0.717, 1.165) is 25.2 Å². The Morgan fingerprint density at radius 2 is 1.83 bits per heavy atom. The third-order valence-electron chi connectivity index (χ3n) is 4.46. The summed E-state index contributed by atoms with van der Waals surface area (Å²) >= 11 is 0. The minimum Gasteiger partial charge on any atom is -0.385 e. The molecule has 23 heavy (non-hydrogen) atoms. The number of amides is 1. The Hall–Kier alpha value is -1.46. The molecule has 0 aliphatic carbocycles. The second kappa shape index (κ2) is 6.97. The van der Waals surface area contributed by atoms with Gasteiger partial charge in [0.25, 0.3) is 0 Å². The fraction of sp³-hybridized carbons (Fsp3) is 0.611. The van der Waals surface area contributed by atoms with Gasteiger partial charge in [0.15, 0.2) is 0 Å². The van der Waals surface area contributed by atoms with Gasteiger partial charge in [-0.1, -0.05) is 32.9 Å².